The third kappa shape index (κ3) is 6.03. The number of nitrogens with one attached hydrogen (secondary N) is 1. The number of nitrogens with zero attached hydrogens (tertiary/aromatic N) is 1. The lowest BCUT2D eigenvalue weighted by atomic mass is 9.64. The Morgan fingerprint density at radius 2 is 1.94 bits per heavy atom. The predicted molar refractivity (Wildman–Crippen MR) is 191 cm³/mol. The summed E-state index contributed by atoms with van der Waals surface area (Å²) in [7, 11) is -7.29. The Hall–Kier alpha value is -2.39. The van der Waals surface area contributed by atoms with Crippen LogP contribution in [-0.4, -0.2) is 70.6 Å². The van der Waals surface area contributed by atoms with Crippen molar-refractivity contribution in [3.05, 3.63) is 70.3 Å². The summed E-state index contributed by atoms with van der Waals surface area (Å²) in [6, 6.07) is 11.0. The van der Waals surface area contributed by atoms with Gasteiger partial charge in [-0.25, -0.2) is 4.21 Å². The van der Waals surface area contributed by atoms with E-state index in [0.717, 1.165) is 49.8 Å². The van der Waals surface area contributed by atoms with Crippen molar-refractivity contribution in [2.75, 3.05) is 37.9 Å². The van der Waals surface area contributed by atoms with E-state index >= 15 is 8.78 Å². The number of allylic oxidation sites excluding steroid dienone is 1. The minimum Gasteiger partial charge on any atom is -0.490 e. The number of alkyl halides is 2. The lowest BCUT2D eigenvalue weighted by molar-refractivity contribution is -0.161. The molecule has 12 heteroatoms. The molecule has 2 N–H and O–H groups in total. The van der Waals surface area contributed by atoms with E-state index in [2.05, 4.69) is 21.6 Å². The van der Waals surface area contributed by atoms with Crippen LogP contribution in [0, 0.1) is 17.8 Å². The molecular weight excluding hydrogens is 677 g/mol. The Kier molecular flexibility index (Phi) is 9.18. The van der Waals surface area contributed by atoms with Gasteiger partial charge in [-0.15, -0.1) is 0 Å². The van der Waals surface area contributed by atoms with Crippen molar-refractivity contribution in [2.45, 2.75) is 74.3 Å². The van der Waals surface area contributed by atoms with E-state index in [0.29, 0.717) is 49.0 Å². The van der Waals surface area contributed by atoms with Gasteiger partial charge >= 0.3 is 5.66 Å². The number of halogens is 3. The zero-order chi connectivity index (χ0) is 34.9. The molecule has 0 aromatic heterocycles. The molecular formula is C36H46ClF2N2O5PS. The first-order chi connectivity index (χ1) is 22.4. The van der Waals surface area contributed by atoms with Gasteiger partial charge in [-0.2, -0.15) is 8.78 Å². The number of ether oxygens (including phenoxy) is 1. The number of fused-ring (bicyclic) bond motifs is 4. The van der Waals surface area contributed by atoms with Gasteiger partial charge in [-0.05, 0) is 118 Å². The Balaban J connectivity index is 1.49. The summed E-state index contributed by atoms with van der Waals surface area (Å²) in [6.45, 7) is 6.71. The largest absolute Gasteiger partial charge is 0.490 e. The van der Waals surface area contributed by atoms with E-state index in [1.165, 1.54) is 6.08 Å². The van der Waals surface area contributed by atoms with E-state index in [1.54, 1.807) is 32.0 Å². The Morgan fingerprint density at radius 1 is 1.19 bits per heavy atom. The molecule has 6 rings (SSSR count). The number of benzene rings is 2. The monoisotopic (exact) mass is 722 g/mol. The third-order valence-electron chi connectivity index (χ3n) is 11.4. The van der Waals surface area contributed by atoms with Crippen molar-refractivity contribution >= 4 is 45.9 Å². The average molecular weight is 723 g/mol. The summed E-state index contributed by atoms with van der Waals surface area (Å²) in [5.74, 6) is 2.31. The van der Waals surface area contributed by atoms with Gasteiger partial charge in [0.25, 0.3) is 5.91 Å². The molecule has 2 heterocycles. The average Bonchev–Trinajstić information content (AvgIpc) is 3.14. The maximum absolute atomic E-state index is 16.3. The van der Waals surface area contributed by atoms with Crippen molar-refractivity contribution in [3.8, 4) is 5.75 Å². The molecule has 1 saturated carbocycles. The second-order valence-electron chi connectivity index (χ2n) is 14.9. The first-order valence-corrected chi connectivity index (χ1v) is 21.5. The fourth-order valence-corrected chi connectivity index (χ4v) is 10.9. The minimum atomic E-state index is -4.12. The molecule has 1 fully saturated rings. The number of carbonyl (C=O) groups excluding carboxylic acids is 1. The second kappa shape index (κ2) is 12.4. The summed E-state index contributed by atoms with van der Waals surface area (Å²) in [4.78, 5) is 15.7. The number of aliphatic hydroxyl groups is 1. The van der Waals surface area contributed by atoms with Crippen molar-refractivity contribution in [2.24, 2.45) is 17.8 Å². The number of hydrogen-bond donors (Lipinski definition) is 2. The van der Waals surface area contributed by atoms with Crippen LogP contribution < -0.4 is 14.4 Å². The molecule has 1 amide bonds. The van der Waals surface area contributed by atoms with Crippen LogP contribution in [0.2, 0.25) is 5.02 Å². The third-order valence-corrected chi connectivity index (χ3v) is 15.6. The molecule has 1 unspecified atom stereocenters. The van der Waals surface area contributed by atoms with Gasteiger partial charge in [0.1, 0.15) is 5.75 Å². The van der Waals surface area contributed by atoms with Gasteiger partial charge in [-0.3, -0.25) is 9.52 Å². The highest BCUT2D eigenvalue weighted by Gasteiger charge is 2.65. The van der Waals surface area contributed by atoms with E-state index in [4.69, 9.17) is 16.3 Å². The topological polar surface area (TPSA) is 95.9 Å². The summed E-state index contributed by atoms with van der Waals surface area (Å²) >= 11 is 6.40. The number of hydrogen-bond acceptors (Lipinski definition) is 6. The van der Waals surface area contributed by atoms with Crippen LogP contribution in [-0.2, 0) is 26.1 Å². The van der Waals surface area contributed by atoms with Gasteiger partial charge in [0, 0.05) is 40.3 Å². The molecule has 2 bridgehead atoms. The maximum atomic E-state index is 16.3. The first-order valence-electron chi connectivity index (χ1n) is 16.7. The van der Waals surface area contributed by atoms with Gasteiger partial charge < -0.3 is 19.3 Å². The highest BCUT2D eigenvalue weighted by atomic mass is 35.5. The molecule has 48 heavy (non-hydrogen) atoms. The molecule has 4 aliphatic rings. The maximum Gasteiger partial charge on any atom is 0.329 e. The van der Waals surface area contributed by atoms with E-state index < -0.39 is 50.6 Å². The van der Waals surface area contributed by atoms with Gasteiger partial charge in [0.15, 0.2) is 12.7 Å². The normalized spacial score (nSPS) is 34.9. The first kappa shape index (κ1) is 35.4. The fraction of sp³-hybridized carbons (Fsp3) is 0.556. The number of rotatable bonds is 2. The molecule has 2 aliphatic carbocycles. The second-order valence-corrected chi connectivity index (χ2v) is 21.0. The van der Waals surface area contributed by atoms with Crippen LogP contribution in [0.25, 0.3) is 0 Å². The fourth-order valence-electron chi connectivity index (χ4n) is 8.12. The van der Waals surface area contributed by atoms with Crippen molar-refractivity contribution in [1.82, 2.24) is 4.72 Å². The molecule has 2 aromatic rings. The number of amides is 1. The van der Waals surface area contributed by atoms with Crippen LogP contribution in [0.4, 0.5) is 14.5 Å². The molecule has 2 aliphatic heterocycles. The Morgan fingerprint density at radius 3 is 2.62 bits per heavy atom. The Labute approximate surface area is 288 Å². The van der Waals surface area contributed by atoms with E-state index in [-0.39, 0.29) is 23.8 Å². The van der Waals surface area contributed by atoms with Gasteiger partial charge in [0.2, 0.25) is 0 Å². The summed E-state index contributed by atoms with van der Waals surface area (Å²) < 4.78 is 68.6. The van der Waals surface area contributed by atoms with Crippen LogP contribution in [0.15, 0.2) is 48.6 Å². The predicted octanol–water partition coefficient (Wildman–Crippen LogP) is 7.13. The zero-order valence-electron chi connectivity index (χ0n) is 28.0. The minimum absolute atomic E-state index is 0.200. The lowest BCUT2D eigenvalue weighted by Crippen LogP contribution is -2.59. The van der Waals surface area contributed by atoms with Crippen molar-refractivity contribution in [1.29, 1.82) is 0 Å². The highest BCUT2D eigenvalue weighted by molar-refractivity contribution is 7.99. The van der Waals surface area contributed by atoms with Crippen LogP contribution in [0.1, 0.15) is 67.4 Å². The molecule has 7 nitrogen and oxygen atoms in total. The quantitative estimate of drug-likeness (QED) is 0.195. The summed E-state index contributed by atoms with van der Waals surface area (Å²) in [6.07, 6.45) is 6.38. The van der Waals surface area contributed by atoms with Gasteiger partial charge in [-0.1, -0.05) is 36.7 Å². The summed E-state index contributed by atoms with van der Waals surface area (Å²) in [5, 5.41) is 12.1. The number of carbonyl (C=O) groups is 1. The highest BCUT2D eigenvalue weighted by Crippen LogP contribution is 2.64. The molecule has 0 radical (unpaired) electrons. The zero-order valence-corrected chi connectivity index (χ0v) is 30.5. The van der Waals surface area contributed by atoms with Crippen molar-refractivity contribution in [3.63, 3.8) is 0 Å². The molecule has 262 valence electrons. The lowest BCUT2D eigenvalue weighted by Gasteiger charge is -2.51. The van der Waals surface area contributed by atoms with E-state index in [9.17, 15) is 18.7 Å². The molecule has 1 spiro atoms. The standard InChI is InChI=1S/C36H46ClF2N2O5PS/c1-23-8-6-17-35(43,36(38,39)47(3,4)44)30-13-10-27(30)20-41-21-34(16-7-9-25-18-28(37)12-14-29(25)34)22-46-32-15-11-26(19-31(32)41)33(42)40-48(5,45)24(23)2/h6,11-12,14-15,17-19,23-24,27,30,43H,5,7-10,13,16,20-22H2,1-4H3,(H,40,42,45)/b17-6+/t23-,24+,27-,30+,34-,35+,48?/m0/s1. The van der Waals surface area contributed by atoms with Crippen LogP contribution in [0.5, 0.6) is 5.75 Å². The molecule has 0 saturated heterocycles. The smallest absolute Gasteiger partial charge is 0.329 e. The SMILES string of the molecule is C=S1(=O)NC(=O)c2ccc3c(c2)N(C[C@@H]2CC[C@H]2[C@@](O)(C(F)(F)P(C)(C)=O)/C=C/C[C@H](C)[C@H]1C)C[C@@]1(CCCc2cc(Cl)ccc21)CO3. The van der Waals surface area contributed by atoms with Crippen LogP contribution >= 0.6 is 18.7 Å². The molecule has 7 atom stereocenters. The summed E-state index contributed by atoms with van der Waals surface area (Å²) in [5.41, 5.74) is -3.81. The van der Waals surface area contributed by atoms with Gasteiger partial charge in [0.05, 0.1) is 22.0 Å². The number of aryl methyl sites for hydroxylation is 1. The molecule has 2 aromatic carbocycles. The number of anilines is 1. The van der Waals surface area contributed by atoms with E-state index in [1.807, 2.05) is 12.1 Å². The van der Waals surface area contributed by atoms with Crippen LogP contribution in [0.3, 0.4) is 0 Å². The Bertz CT molecular complexity index is 1800. The van der Waals surface area contributed by atoms with Crippen molar-refractivity contribution < 1.29 is 32.2 Å².